The van der Waals surface area contributed by atoms with Gasteiger partial charge in [-0.1, -0.05) is 6.92 Å². The lowest BCUT2D eigenvalue weighted by Gasteiger charge is -2.11. The topological polar surface area (TPSA) is 66.4 Å². The van der Waals surface area contributed by atoms with Gasteiger partial charge in [0.05, 0.1) is 6.10 Å². The fourth-order valence-corrected chi connectivity index (χ4v) is 1.01. The van der Waals surface area contributed by atoms with Crippen LogP contribution in [0.5, 0.6) is 0 Å². The lowest BCUT2D eigenvalue weighted by atomic mass is 10.3. The van der Waals surface area contributed by atoms with Crippen LogP contribution in [0.2, 0.25) is 0 Å². The van der Waals surface area contributed by atoms with Crippen molar-refractivity contribution in [2.75, 3.05) is 6.54 Å². The van der Waals surface area contributed by atoms with Crippen LogP contribution in [-0.2, 0) is 10.0 Å². The maximum Gasteiger partial charge on any atom is 0.511 e. The number of halogens is 3. The molecule has 0 bridgehead atoms. The van der Waals surface area contributed by atoms with E-state index in [1.54, 1.807) is 0 Å². The summed E-state index contributed by atoms with van der Waals surface area (Å²) in [5, 5.41) is 8.79. The van der Waals surface area contributed by atoms with Gasteiger partial charge < -0.3 is 5.11 Å². The Kier molecular flexibility index (Phi) is 4.14. The van der Waals surface area contributed by atoms with E-state index in [-0.39, 0.29) is 6.42 Å². The second-order valence-electron chi connectivity index (χ2n) is 2.36. The number of rotatable bonds is 4. The summed E-state index contributed by atoms with van der Waals surface area (Å²) in [5.41, 5.74) is -5.32. The Bertz CT molecular complexity index is 248. The first-order chi connectivity index (χ1) is 5.70. The van der Waals surface area contributed by atoms with Crippen molar-refractivity contribution in [3.05, 3.63) is 0 Å². The zero-order valence-electron chi connectivity index (χ0n) is 6.80. The van der Waals surface area contributed by atoms with Gasteiger partial charge in [-0.05, 0) is 6.42 Å². The molecule has 13 heavy (non-hydrogen) atoms. The minimum absolute atomic E-state index is 0.181. The van der Waals surface area contributed by atoms with Gasteiger partial charge in [0.25, 0.3) is 0 Å². The molecule has 0 aromatic heterocycles. The molecule has 0 aliphatic rings. The predicted molar refractivity (Wildman–Crippen MR) is 39.3 cm³/mol. The van der Waals surface area contributed by atoms with E-state index in [1.165, 1.54) is 11.6 Å². The Labute approximate surface area is 73.8 Å². The molecule has 0 fully saturated rings. The third-order valence-corrected chi connectivity index (χ3v) is 2.44. The summed E-state index contributed by atoms with van der Waals surface area (Å²) in [6.45, 7) is 0.894. The number of sulfonamides is 1. The SMILES string of the molecule is CCC(O)CNS(=O)(=O)C(F)(F)F. The van der Waals surface area contributed by atoms with Crippen molar-refractivity contribution in [2.45, 2.75) is 25.0 Å². The molecule has 1 atom stereocenters. The van der Waals surface area contributed by atoms with Gasteiger partial charge in [-0.3, -0.25) is 0 Å². The molecule has 2 N–H and O–H groups in total. The van der Waals surface area contributed by atoms with Crippen molar-refractivity contribution in [2.24, 2.45) is 0 Å². The fraction of sp³-hybridized carbons (Fsp3) is 1.00. The van der Waals surface area contributed by atoms with Crippen molar-refractivity contribution in [3.8, 4) is 0 Å². The third-order valence-electron chi connectivity index (χ3n) is 1.28. The first-order valence-electron chi connectivity index (χ1n) is 3.44. The number of alkyl halides is 3. The van der Waals surface area contributed by atoms with Crippen LogP contribution in [0.25, 0.3) is 0 Å². The highest BCUT2D eigenvalue weighted by molar-refractivity contribution is 7.90. The Morgan fingerprint density at radius 3 is 2.23 bits per heavy atom. The van der Waals surface area contributed by atoms with Gasteiger partial charge in [0, 0.05) is 6.54 Å². The van der Waals surface area contributed by atoms with Crippen molar-refractivity contribution < 1.29 is 26.7 Å². The molecular formula is C5H10F3NO3S. The summed E-state index contributed by atoms with van der Waals surface area (Å²) in [5.74, 6) is 0. The highest BCUT2D eigenvalue weighted by Crippen LogP contribution is 2.21. The predicted octanol–water partition coefficient (Wildman–Crippen LogP) is 0.197. The molecular weight excluding hydrogens is 211 g/mol. The molecule has 4 nitrogen and oxygen atoms in total. The summed E-state index contributed by atoms with van der Waals surface area (Å²) in [6.07, 6.45) is -0.919. The van der Waals surface area contributed by atoms with E-state index in [1.807, 2.05) is 0 Å². The minimum atomic E-state index is -5.32. The fourth-order valence-electron chi connectivity index (χ4n) is 0.432. The lowest BCUT2D eigenvalue weighted by molar-refractivity contribution is -0.0450. The zero-order chi connectivity index (χ0) is 10.7. The molecule has 1 unspecified atom stereocenters. The average molecular weight is 221 g/mol. The standard InChI is InChI=1S/C5H10F3NO3S/c1-2-4(10)3-9-13(11,12)5(6,7)8/h4,9-10H,2-3H2,1H3. The Morgan fingerprint density at radius 2 is 1.92 bits per heavy atom. The van der Waals surface area contributed by atoms with Crippen molar-refractivity contribution in [3.63, 3.8) is 0 Å². The molecule has 0 saturated carbocycles. The van der Waals surface area contributed by atoms with E-state index in [0.29, 0.717) is 0 Å². The monoisotopic (exact) mass is 221 g/mol. The lowest BCUT2D eigenvalue weighted by Crippen LogP contribution is -2.40. The summed E-state index contributed by atoms with van der Waals surface area (Å²) in [6, 6.07) is 0. The van der Waals surface area contributed by atoms with E-state index in [0.717, 1.165) is 0 Å². The maximum absolute atomic E-state index is 11.7. The van der Waals surface area contributed by atoms with Gasteiger partial charge in [-0.15, -0.1) is 0 Å². The van der Waals surface area contributed by atoms with Crippen LogP contribution in [0, 0.1) is 0 Å². The summed E-state index contributed by atoms with van der Waals surface area (Å²) < 4.78 is 56.9. The maximum atomic E-state index is 11.7. The Balaban J connectivity index is 4.22. The molecule has 0 aromatic rings. The van der Waals surface area contributed by atoms with E-state index >= 15 is 0 Å². The molecule has 80 valence electrons. The van der Waals surface area contributed by atoms with Gasteiger partial charge in [0.2, 0.25) is 0 Å². The molecule has 0 aliphatic heterocycles. The Hall–Kier alpha value is -0.340. The molecule has 0 radical (unpaired) electrons. The van der Waals surface area contributed by atoms with Crippen LogP contribution in [-0.4, -0.2) is 31.7 Å². The second-order valence-corrected chi connectivity index (χ2v) is 4.12. The smallest absolute Gasteiger partial charge is 0.392 e. The van der Waals surface area contributed by atoms with Gasteiger partial charge in [0.1, 0.15) is 0 Å². The number of hydrogen-bond acceptors (Lipinski definition) is 3. The van der Waals surface area contributed by atoms with Gasteiger partial charge >= 0.3 is 15.5 Å². The molecule has 0 spiro atoms. The zero-order valence-corrected chi connectivity index (χ0v) is 7.61. The first-order valence-corrected chi connectivity index (χ1v) is 4.93. The molecule has 0 heterocycles. The highest BCUT2D eigenvalue weighted by Gasteiger charge is 2.45. The van der Waals surface area contributed by atoms with Gasteiger partial charge in [-0.25, -0.2) is 13.1 Å². The van der Waals surface area contributed by atoms with E-state index in [4.69, 9.17) is 5.11 Å². The molecule has 8 heteroatoms. The highest BCUT2D eigenvalue weighted by atomic mass is 32.2. The van der Waals surface area contributed by atoms with E-state index in [9.17, 15) is 21.6 Å². The number of hydrogen-bond donors (Lipinski definition) is 2. The summed E-state index contributed by atoms with van der Waals surface area (Å²) >= 11 is 0. The van der Waals surface area contributed by atoms with Crippen LogP contribution < -0.4 is 4.72 Å². The normalized spacial score (nSPS) is 15.8. The second kappa shape index (κ2) is 4.25. The molecule has 0 aliphatic carbocycles. The molecule has 0 aromatic carbocycles. The van der Waals surface area contributed by atoms with Crippen LogP contribution >= 0.6 is 0 Å². The van der Waals surface area contributed by atoms with Crippen LogP contribution in [0.3, 0.4) is 0 Å². The van der Waals surface area contributed by atoms with Crippen LogP contribution in [0.4, 0.5) is 13.2 Å². The summed E-state index contributed by atoms with van der Waals surface area (Å²) in [7, 11) is -5.31. The Morgan fingerprint density at radius 1 is 1.46 bits per heavy atom. The largest absolute Gasteiger partial charge is 0.511 e. The average Bonchev–Trinajstić information content (AvgIpc) is 1.98. The van der Waals surface area contributed by atoms with Crippen LogP contribution in [0.1, 0.15) is 13.3 Å². The van der Waals surface area contributed by atoms with Gasteiger partial charge in [0.15, 0.2) is 0 Å². The van der Waals surface area contributed by atoms with Crippen molar-refractivity contribution in [1.29, 1.82) is 0 Å². The molecule has 0 amide bonds. The van der Waals surface area contributed by atoms with Gasteiger partial charge in [-0.2, -0.15) is 13.2 Å². The van der Waals surface area contributed by atoms with Crippen molar-refractivity contribution in [1.82, 2.24) is 4.72 Å². The number of aliphatic hydroxyl groups excluding tert-OH is 1. The molecule has 0 saturated heterocycles. The quantitative estimate of drug-likeness (QED) is 0.712. The van der Waals surface area contributed by atoms with Crippen LogP contribution in [0.15, 0.2) is 0 Å². The number of aliphatic hydroxyl groups is 1. The third kappa shape index (κ3) is 3.92. The van der Waals surface area contributed by atoms with E-state index in [2.05, 4.69) is 0 Å². The molecule has 0 rings (SSSR count). The minimum Gasteiger partial charge on any atom is -0.392 e. The number of nitrogens with one attached hydrogen (secondary N) is 1. The van der Waals surface area contributed by atoms with Crippen molar-refractivity contribution >= 4 is 10.0 Å². The first kappa shape index (κ1) is 12.7. The summed E-state index contributed by atoms with van der Waals surface area (Å²) in [4.78, 5) is 0. The van der Waals surface area contributed by atoms with E-state index < -0.39 is 28.2 Å².